The van der Waals surface area contributed by atoms with Crippen LogP contribution in [0.15, 0.2) is 70.5 Å². The second-order valence-electron chi connectivity index (χ2n) is 6.43. The summed E-state index contributed by atoms with van der Waals surface area (Å²) < 4.78 is 27.7. The monoisotopic (exact) mass is 376 g/mol. The summed E-state index contributed by atoms with van der Waals surface area (Å²) in [6.45, 7) is 5.76. The lowest BCUT2D eigenvalue weighted by Gasteiger charge is -2.09. The second-order valence-corrected chi connectivity index (χ2v) is 8.35. The van der Waals surface area contributed by atoms with E-state index in [4.69, 9.17) is 0 Å². The summed E-state index contributed by atoms with van der Waals surface area (Å²) in [5.41, 5.74) is 4.51. The first-order valence-corrected chi connectivity index (χ1v) is 10.0. The van der Waals surface area contributed by atoms with E-state index in [1.165, 1.54) is 18.2 Å². The number of para-hydroxylation sites is 1. The number of aromatic nitrogens is 1. The molecular weight excluding hydrogens is 356 g/mol. The van der Waals surface area contributed by atoms with Crippen molar-refractivity contribution in [2.24, 2.45) is 0 Å². The SMILES string of the molecule is Cc1ccc(S(=O)(=O)/C(C#N)=C/c2cc(C)n(-c3ccccc3)c2C)cc1. The molecule has 0 amide bonds. The van der Waals surface area contributed by atoms with Crippen molar-refractivity contribution in [1.29, 1.82) is 5.26 Å². The molecule has 0 unspecified atom stereocenters. The number of hydrogen-bond donors (Lipinski definition) is 0. The molecule has 5 heteroatoms. The van der Waals surface area contributed by atoms with Crippen LogP contribution in [-0.2, 0) is 9.84 Å². The first-order valence-electron chi connectivity index (χ1n) is 8.52. The molecule has 0 atom stereocenters. The minimum atomic E-state index is -3.86. The number of hydrogen-bond acceptors (Lipinski definition) is 3. The zero-order chi connectivity index (χ0) is 19.6. The summed E-state index contributed by atoms with van der Waals surface area (Å²) >= 11 is 0. The summed E-state index contributed by atoms with van der Waals surface area (Å²) in [6, 6.07) is 20.1. The van der Waals surface area contributed by atoms with Gasteiger partial charge in [-0.2, -0.15) is 5.26 Å². The third-order valence-corrected chi connectivity index (χ3v) is 6.18. The zero-order valence-corrected chi connectivity index (χ0v) is 16.3. The minimum Gasteiger partial charge on any atom is -0.318 e. The maximum absolute atomic E-state index is 12.9. The Balaban J connectivity index is 2.10. The van der Waals surface area contributed by atoms with E-state index in [2.05, 4.69) is 0 Å². The van der Waals surface area contributed by atoms with E-state index in [1.54, 1.807) is 12.1 Å². The molecule has 0 bridgehead atoms. The van der Waals surface area contributed by atoms with Gasteiger partial charge in [0.05, 0.1) is 4.90 Å². The first kappa shape index (κ1) is 18.7. The van der Waals surface area contributed by atoms with Crippen molar-refractivity contribution in [3.05, 3.63) is 88.1 Å². The van der Waals surface area contributed by atoms with Crippen molar-refractivity contribution in [2.75, 3.05) is 0 Å². The number of benzene rings is 2. The Kier molecular flexibility index (Phi) is 5.02. The molecule has 3 rings (SSSR count). The molecule has 0 saturated heterocycles. The lowest BCUT2D eigenvalue weighted by Crippen LogP contribution is -2.04. The fraction of sp³-hybridized carbons (Fsp3) is 0.136. The molecule has 4 nitrogen and oxygen atoms in total. The third kappa shape index (κ3) is 3.57. The van der Waals surface area contributed by atoms with Gasteiger partial charge < -0.3 is 4.57 Å². The number of rotatable bonds is 4. The van der Waals surface area contributed by atoms with Crippen LogP contribution in [0.4, 0.5) is 0 Å². The Bertz CT molecular complexity index is 1150. The predicted octanol–water partition coefficient (Wildman–Crippen LogP) is 4.74. The summed E-state index contributed by atoms with van der Waals surface area (Å²) in [4.78, 5) is -0.141. The average Bonchev–Trinajstić information content (AvgIpc) is 2.94. The van der Waals surface area contributed by atoms with Crippen molar-refractivity contribution in [3.8, 4) is 11.8 Å². The third-order valence-electron chi connectivity index (χ3n) is 4.50. The van der Waals surface area contributed by atoms with Crippen LogP contribution in [-0.4, -0.2) is 13.0 Å². The zero-order valence-electron chi connectivity index (χ0n) is 15.5. The number of aryl methyl sites for hydroxylation is 2. The quantitative estimate of drug-likeness (QED) is 0.618. The van der Waals surface area contributed by atoms with Crippen molar-refractivity contribution < 1.29 is 8.42 Å². The molecule has 27 heavy (non-hydrogen) atoms. The largest absolute Gasteiger partial charge is 0.318 e. The molecule has 0 spiro atoms. The van der Waals surface area contributed by atoms with Crippen LogP contribution in [0.25, 0.3) is 11.8 Å². The van der Waals surface area contributed by atoms with Crippen molar-refractivity contribution in [1.82, 2.24) is 4.57 Å². The Morgan fingerprint density at radius 3 is 2.22 bits per heavy atom. The van der Waals surface area contributed by atoms with Crippen LogP contribution >= 0.6 is 0 Å². The van der Waals surface area contributed by atoms with E-state index in [0.717, 1.165) is 22.6 Å². The van der Waals surface area contributed by atoms with Crippen LogP contribution in [0.2, 0.25) is 0 Å². The van der Waals surface area contributed by atoms with Crippen LogP contribution in [0, 0.1) is 32.1 Å². The van der Waals surface area contributed by atoms with E-state index in [0.29, 0.717) is 5.56 Å². The number of allylic oxidation sites excluding steroid dienone is 1. The topological polar surface area (TPSA) is 62.9 Å². The van der Waals surface area contributed by atoms with Gasteiger partial charge in [0.15, 0.2) is 0 Å². The maximum Gasteiger partial charge on any atom is 0.216 e. The molecule has 0 radical (unpaired) electrons. The van der Waals surface area contributed by atoms with Gasteiger partial charge in [-0.05, 0) is 62.7 Å². The highest BCUT2D eigenvalue weighted by Gasteiger charge is 2.21. The number of sulfone groups is 1. The Hall–Kier alpha value is -3.10. The molecule has 0 aliphatic rings. The van der Waals surface area contributed by atoms with Crippen LogP contribution < -0.4 is 0 Å². The van der Waals surface area contributed by atoms with Crippen molar-refractivity contribution in [2.45, 2.75) is 25.7 Å². The smallest absolute Gasteiger partial charge is 0.216 e. The molecule has 0 fully saturated rings. The van der Waals surface area contributed by atoms with Crippen LogP contribution in [0.1, 0.15) is 22.5 Å². The molecule has 0 saturated carbocycles. The van der Waals surface area contributed by atoms with Crippen LogP contribution in [0.5, 0.6) is 0 Å². The predicted molar refractivity (Wildman–Crippen MR) is 107 cm³/mol. The molecule has 136 valence electrons. The van der Waals surface area contributed by atoms with E-state index in [9.17, 15) is 13.7 Å². The summed E-state index contributed by atoms with van der Waals surface area (Å²) in [5.74, 6) is 0. The Morgan fingerprint density at radius 2 is 1.63 bits per heavy atom. The molecule has 1 heterocycles. The molecule has 0 aliphatic carbocycles. The molecule has 0 N–H and O–H groups in total. The maximum atomic E-state index is 12.9. The molecule has 0 aliphatic heterocycles. The van der Waals surface area contributed by atoms with Gasteiger partial charge in [-0.3, -0.25) is 0 Å². The highest BCUT2D eigenvalue weighted by atomic mass is 32.2. The van der Waals surface area contributed by atoms with Gasteiger partial charge in [-0.15, -0.1) is 0 Å². The molecular formula is C22H20N2O2S. The highest BCUT2D eigenvalue weighted by molar-refractivity contribution is 7.95. The summed E-state index contributed by atoms with van der Waals surface area (Å²) in [5, 5.41) is 9.52. The van der Waals surface area contributed by atoms with Gasteiger partial charge in [0, 0.05) is 17.1 Å². The van der Waals surface area contributed by atoms with Crippen LogP contribution in [0.3, 0.4) is 0 Å². The fourth-order valence-corrected chi connectivity index (χ4v) is 4.21. The van der Waals surface area contributed by atoms with E-state index in [1.807, 2.05) is 67.8 Å². The minimum absolute atomic E-state index is 0.123. The Morgan fingerprint density at radius 1 is 1.00 bits per heavy atom. The van der Waals surface area contributed by atoms with Gasteiger partial charge in [-0.1, -0.05) is 35.9 Å². The number of nitriles is 1. The van der Waals surface area contributed by atoms with Gasteiger partial charge in [0.2, 0.25) is 9.84 Å². The van der Waals surface area contributed by atoms with E-state index >= 15 is 0 Å². The van der Waals surface area contributed by atoms with E-state index < -0.39 is 9.84 Å². The van der Waals surface area contributed by atoms with Gasteiger partial charge in [-0.25, -0.2) is 8.42 Å². The summed E-state index contributed by atoms with van der Waals surface area (Å²) in [6.07, 6.45) is 1.46. The van der Waals surface area contributed by atoms with Gasteiger partial charge in [0.25, 0.3) is 0 Å². The molecule has 1 aromatic heterocycles. The first-order chi connectivity index (χ1) is 12.8. The molecule has 2 aromatic carbocycles. The lowest BCUT2D eigenvalue weighted by atomic mass is 10.2. The van der Waals surface area contributed by atoms with E-state index in [-0.39, 0.29) is 9.80 Å². The van der Waals surface area contributed by atoms with Gasteiger partial charge >= 0.3 is 0 Å². The lowest BCUT2D eigenvalue weighted by molar-refractivity contribution is 0.603. The average molecular weight is 376 g/mol. The number of nitrogens with zero attached hydrogens (tertiary/aromatic N) is 2. The van der Waals surface area contributed by atoms with Crippen molar-refractivity contribution >= 4 is 15.9 Å². The Labute approximate surface area is 159 Å². The van der Waals surface area contributed by atoms with Gasteiger partial charge in [0.1, 0.15) is 11.0 Å². The summed E-state index contributed by atoms with van der Waals surface area (Å²) in [7, 11) is -3.86. The normalized spacial score (nSPS) is 12.0. The fourth-order valence-electron chi connectivity index (χ4n) is 3.06. The highest BCUT2D eigenvalue weighted by Crippen LogP contribution is 2.26. The standard InChI is InChI=1S/C22H20N2O2S/c1-16-9-11-21(12-10-16)27(25,26)22(15-23)14-19-13-17(2)24(18(19)3)20-7-5-4-6-8-20/h4-14H,1-3H3/b22-14+. The molecule has 3 aromatic rings. The van der Waals surface area contributed by atoms with Crippen molar-refractivity contribution in [3.63, 3.8) is 0 Å². The second kappa shape index (κ2) is 7.26.